The van der Waals surface area contributed by atoms with E-state index in [2.05, 4.69) is 4.98 Å². The second-order valence-corrected chi connectivity index (χ2v) is 5.33. The first kappa shape index (κ1) is 12.6. The Balaban J connectivity index is 2.02. The molecule has 100 valence electrons. The highest BCUT2D eigenvalue weighted by Crippen LogP contribution is 2.32. The Kier molecular flexibility index (Phi) is 3.04. The van der Waals surface area contributed by atoms with Crippen molar-refractivity contribution in [1.82, 2.24) is 9.88 Å². The van der Waals surface area contributed by atoms with Crippen molar-refractivity contribution in [1.29, 1.82) is 0 Å². The number of urea groups is 1. The number of aliphatic hydroxyl groups excluding tert-OH is 1. The predicted molar refractivity (Wildman–Crippen MR) is 70.9 cm³/mol. The number of carbonyl (C=O) groups is 1. The average Bonchev–Trinajstić information content (AvgIpc) is 2.89. The molecule has 0 bridgehead atoms. The van der Waals surface area contributed by atoms with E-state index >= 15 is 0 Å². The number of thiazole rings is 1. The van der Waals surface area contributed by atoms with Crippen molar-refractivity contribution in [3.63, 3.8) is 0 Å². The van der Waals surface area contributed by atoms with E-state index in [-0.39, 0.29) is 18.4 Å². The van der Waals surface area contributed by atoms with Gasteiger partial charge in [0.05, 0.1) is 22.8 Å². The number of aliphatic hydroxyl groups is 1. The molecule has 2 amide bonds. The van der Waals surface area contributed by atoms with Crippen LogP contribution >= 0.6 is 22.9 Å². The minimum Gasteiger partial charge on any atom is -0.371 e. The van der Waals surface area contributed by atoms with E-state index in [0.717, 1.165) is 4.70 Å². The molecular weight excluding hydrogens is 293 g/mol. The molecule has 0 radical (unpaired) electrons. The number of hydrogen-bond donors (Lipinski definition) is 1. The van der Waals surface area contributed by atoms with Crippen LogP contribution in [0.2, 0.25) is 0 Å². The Labute approximate surface area is 116 Å². The Morgan fingerprint density at radius 3 is 3.05 bits per heavy atom. The molecule has 1 aliphatic rings. The van der Waals surface area contributed by atoms with E-state index in [1.54, 1.807) is 6.07 Å². The van der Waals surface area contributed by atoms with E-state index in [4.69, 9.17) is 11.6 Å². The number of β-amino-alcohol motifs (C(OH)–C–C–N with tert-alkyl or cyclic N) is 1. The smallest absolute Gasteiger partial charge is 0.329 e. The summed E-state index contributed by atoms with van der Waals surface area (Å²) in [5, 5.41) is 10.2. The summed E-state index contributed by atoms with van der Waals surface area (Å²) < 4.78 is 13.9. The molecule has 2 heterocycles. The molecule has 0 saturated carbocycles. The lowest BCUT2D eigenvalue weighted by Gasteiger charge is -2.15. The first-order valence-electron chi connectivity index (χ1n) is 5.48. The molecular formula is C11H9ClFN3O2S. The normalized spacial score (nSPS) is 19.7. The zero-order valence-electron chi connectivity index (χ0n) is 9.58. The number of hydrogen-bond acceptors (Lipinski definition) is 4. The minimum absolute atomic E-state index is 0.00587. The van der Waals surface area contributed by atoms with E-state index < -0.39 is 12.3 Å². The molecule has 1 aliphatic heterocycles. The third kappa shape index (κ3) is 2.03. The van der Waals surface area contributed by atoms with Gasteiger partial charge in [-0.1, -0.05) is 11.3 Å². The monoisotopic (exact) mass is 301 g/mol. The molecule has 1 aromatic heterocycles. The Morgan fingerprint density at radius 2 is 2.37 bits per heavy atom. The van der Waals surface area contributed by atoms with Gasteiger partial charge in [0.2, 0.25) is 0 Å². The van der Waals surface area contributed by atoms with Crippen LogP contribution in [-0.2, 0) is 0 Å². The molecule has 1 unspecified atom stereocenters. The summed E-state index contributed by atoms with van der Waals surface area (Å²) in [6.07, 6.45) is -0.989. The summed E-state index contributed by atoms with van der Waals surface area (Å²) >= 11 is 6.84. The van der Waals surface area contributed by atoms with Crippen molar-refractivity contribution in [2.45, 2.75) is 6.23 Å². The van der Waals surface area contributed by atoms with Gasteiger partial charge < -0.3 is 10.0 Å². The molecule has 2 aromatic rings. The van der Waals surface area contributed by atoms with Crippen molar-refractivity contribution >= 4 is 44.3 Å². The van der Waals surface area contributed by atoms with Crippen LogP contribution in [0.15, 0.2) is 18.2 Å². The number of anilines is 1. The molecule has 0 aliphatic carbocycles. The van der Waals surface area contributed by atoms with Gasteiger partial charge >= 0.3 is 6.03 Å². The van der Waals surface area contributed by atoms with Gasteiger partial charge in [-0.3, -0.25) is 0 Å². The van der Waals surface area contributed by atoms with Gasteiger partial charge in [-0.2, -0.15) is 0 Å². The van der Waals surface area contributed by atoms with E-state index in [1.165, 1.54) is 33.3 Å². The highest BCUT2D eigenvalue weighted by molar-refractivity contribution is 7.22. The number of amides is 2. The molecule has 1 atom stereocenters. The molecule has 1 aromatic carbocycles. The van der Waals surface area contributed by atoms with Crippen LogP contribution in [0.4, 0.5) is 14.3 Å². The van der Waals surface area contributed by atoms with Gasteiger partial charge in [-0.05, 0) is 12.1 Å². The summed E-state index contributed by atoms with van der Waals surface area (Å²) in [5.41, 5.74) is 0.462. The number of benzene rings is 1. The maximum atomic E-state index is 13.1. The highest BCUT2D eigenvalue weighted by Gasteiger charge is 2.38. The standard InChI is InChI=1S/C11H9ClFN3O2S/c12-5-15-4-9(17)16(11(15)18)10-14-7-3-6(13)1-2-8(7)19-10/h1-3,9,17H,4-5H2. The first-order valence-corrected chi connectivity index (χ1v) is 6.83. The van der Waals surface area contributed by atoms with E-state index in [9.17, 15) is 14.3 Å². The lowest BCUT2D eigenvalue weighted by molar-refractivity contribution is 0.182. The number of nitrogens with zero attached hydrogens (tertiary/aromatic N) is 3. The molecule has 3 rings (SSSR count). The second-order valence-electron chi connectivity index (χ2n) is 4.08. The minimum atomic E-state index is -0.989. The van der Waals surface area contributed by atoms with Gasteiger partial charge in [-0.25, -0.2) is 19.1 Å². The topological polar surface area (TPSA) is 56.7 Å². The van der Waals surface area contributed by atoms with Crippen LogP contribution in [-0.4, -0.2) is 39.8 Å². The lowest BCUT2D eigenvalue weighted by Crippen LogP contribution is -2.34. The van der Waals surface area contributed by atoms with Crippen molar-refractivity contribution in [3.05, 3.63) is 24.0 Å². The first-order chi connectivity index (χ1) is 9.10. The number of fused-ring (bicyclic) bond motifs is 1. The van der Waals surface area contributed by atoms with Gasteiger partial charge in [0.25, 0.3) is 0 Å². The number of rotatable bonds is 2. The zero-order valence-corrected chi connectivity index (χ0v) is 11.2. The van der Waals surface area contributed by atoms with Crippen molar-refractivity contribution in [2.24, 2.45) is 0 Å². The summed E-state index contributed by atoms with van der Waals surface area (Å²) in [5.74, 6) is -0.389. The molecule has 1 fully saturated rings. The second kappa shape index (κ2) is 4.59. The quantitative estimate of drug-likeness (QED) is 0.683. The predicted octanol–water partition coefficient (Wildman–Crippen LogP) is 2.19. The van der Waals surface area contributed by atoms with Crippen LogP contribution in [0.25, 0.3) is 10.2 Å². The van der Waals surface area contributed by atoms with Crippen LogP contribution in [0.1, 0.15) is 0 Å². The lowest BCUT2D eigenvalue weighted by atomic mass is 10.3. The SMILES string of the molecule is O=C1N(CCl)CC(O)N1c1nc2cc(F)ccc2s1. The van der Waals surface area contributed by atoms with Crippen molar-refractivity contribution < 1.29 is 14.3 Å². The van der Waals surface area contributed by atoms with Crippen LogP contribution in [0.3, 0.4) is 0 Å². The Morgan fingerprint density at radius 1 is 1.58 bits per heavy atom. The fourth-order valence-corrected chi connectivity index (χ4v) is 3.12. The van der Waals surface area contributed by atoms with Crippen LogP contribution in [0, 0.1) is 5.82 Å². The summed E-state index contributed by atoms with van der Waals surface area (Å²) in [7, 11) is 0. The van der Waals surface area contributed by atoms with Gasteiger partial charge in [0.15, 0.2) is 11.4 Å². The molecule has 19 heavy (non-hydrogen) atoms. The molecule has 8 heteroatoms. The van der Waals surface area contributed by atoms with E-state index in [0.29, 0.717) is 10.6 Å². The summed E-state index contributed by atoms with van der Waals surface area (Å²) in [6, 6.07) is 3.82. The largest absolute Gasteiger partial charge is 0.371 e. The zero-order chi connectivity index (χ0) is 13.6. The average molecular weight is 302 g/mol. The highest BCUT2D eigenvalue weighted by atomic mass is 35.5. The fourth-order valence-electron chi connectivity index (χ4n) is 1.94. The molecule has 5 nitrogen and oxygen atoms in total. The van der Waals surface area contributed by atoms with Gasteiger partial charge in [0, 0.05) is 6.07 Å². The molecule has 1 saturated heterocycles. The number of aromatic nitrogens is 1. The third-order valence-electron chi connectivity index (χ3n) is 2.85. The fraction of sp³-hybridized carbons (Fsp3) is 0.273. The third-order valence-corrected chi connectivity index (χ3v) is 4.17. The van der Waals surface area contributed by atoms with Crippen LogP contribution < -0.4 is 4.90 Å². The summed E-state index contributed by atoms with van der Waals surface area (Å²) in [6.45, 7) is 0.132. The number of halogens is 2. The van der Waals surface area contributed by atoms with Crippen molar-refractivity contribution in [2.75, 3.05) is 17.4 Å². The molecule has 0 spiro atoms. The number of alkyl halides is 1. The van der Waals surface area contributed by atoms with Gasteiger partial charge in [-0.15, -0.1) is 11.6 Å². The summed E-state index contributed by atoms with van der Waals surface area (Å²) in [4.78, 5) is 18.6. The Bertz CT molecular complexity index is 650. The van der Waals surface area contributed by atoms with Crippen molar-refractivity contribution in [3.8, 4) is 0 Å². The number of carbonyl (C=O) groups excluding carboxylic acids is 1. The molecule has 1 N–H and O–H groups in total. The Hall–Kier alpha value is -1.44. The maximum Gasteiger partial charge on any atom is 0.329 e. The maximum absolute atomic E-state index is 13.1. The van der Waals surface area contributed by atoms with E-state index in [1.807, 2.05) is 0 Å². The van der Waals surface area contributed by atoms with Crippen LogP contribution in [0.5, 0.6) is 0 Å². The van der Waals surface area contributed by atoms with Gasteiger partial charge in [0.1, 0.15) is 5.82 Å².